The molecule has 3 saturated carbocycles. The molecule has 0 unspecified atom stereocenters. The standard InChI is InChI=1S/C16H18Br2O5.C16H19BrO5.C16H20O5.Br2/c1-11(19)22-8-6-21-7-9-23-14-3-2-12(10-13(14)17)15(20)16(18)4-5-16;1-12(18)21-10-8-20-9-11-22-14-4-2-13(3-5-14)15(19)16(17)6-7-16;1-12(17)20-10-8-19-9-11-21-15-6-4-14(5-7-15)16(18)13-2-3-13;1-2/h2-3,10H,4-9H2,1H3;2-5H,6-11H2,1H3;4-7,13H,2-3,8-11H2,1H3;. The number of benzene rings is 3. The van der Waals surface area contributed by atoms with E-state index in [0.29, 0.717) is 87.8 Å². The average Bonchev–Trinajstić information content (AvgIpc) is 4.23. The van der Waals surface area contributed by atoms with Crippen molar-refractivity contribution in [2.75, 3.05) is 79.3 Å². The zero-order valence-corrected chi connectivity index (χ0v) is 46.1. The summed E-state index contributed by atoms with van der Waals surface area (Å²) in [5, 5.41) is 0. The van der Waals surface area contributed by atoms with E-state index in [9.17, 15) is 28.8 Å². The highest BCUT2D eigenvalue weighted by atomic mass is 80.9. The van der Waals surface area contributed by atoms with E-state index in [-0.39, 0.29) is 69.6 Å². The van der Waals surface area contributed by atoms with Gasteiger partial charge in [-0.15, -0.1) is 0 Å². The normalized spacial score (nSPS) is 14.4. The van der Waals surface area contributed by atoms with E-state index in [1.54, 1.807) is 66.7 Å². The van der Waals surface area contributed by atoms with Crippen molar-refractivity contribution in [3.63, 3.8) is 0 Å². The fraction of sp³-hybridized carbons (Fsp3) is 0.500. The highest BCUT2D eigenvalue weighted by Gasteiger charge is 2.48. The molecule has 15 nitrogen and oxygen atoms in total. The van der Waals surface area contributed by atoms with Gasteiger partial charge in [-0.05, 0) is 121 Å². The maximum absolute atomic E-state index is 12.2. The fourth-order valence-electron chi connectivity index (χ4n) is 5.64. The second kappa shape index (κ2) is 31.9. The molecule has 0 amide bonds. The van der Waals surface area contributed by atoms with Crippen molar-refractivity contribution in [2.45, 2.75) is 67.9 Å². The Morgan fingerprint density at radius 3 is 1.21 bits per heavy atom. The number of carbonyl (C=O) groups is 6. The van der Waals surface area contributed by atoms with Gasteiger partial charge < -0.3 is 42.6 Å². The molecule has 0 spiro atoms. The topological polar surface area (TPSA) is 185 Å². The van der Waals surface area contributed by atoms with Crippen molar-refractivity contribution in [2.24, 2.45) is 5.92 Å². The second-order valence-electron chi connectivity index (χ2n) is 15.3. The molecule has 0 aromatic heterocycles. The third-order valence-electron chi connectivity index (χ3n) is 9.67. The van der Waals surface area contributed by atoms with Gasteiger partial charge in [0.2, 0.25) is 0 Å². The zero-order chi connectivity index (χ0) is 50.0. The van der Waals surface area contributed by atoms with Crippen LogP contribution >= 0.6 is 76.0 Å². The molecule has 374 valence electrons. The molecule has 0 saturated heterocycles. The Kier molecular flexibility index (Phi) is 27.7. The van der Waals surface area contributed by atoms with Crippen molar-refractivity contribution < 1.29 is 71.4 Å². The van der Waals surface area contributed by atoms with Crippen molar-refractivity contribution in [3.8, 4) is 17.2 Å². The summed E-state index contributed by atoms with van der Waals surface area (Å²) in [7, 11) is 0. The SMILES string of the molecule is BrBr.CC(=O)OCCOCCOc1ccc(C(=O)C2(Br)CC2)cc1.CC(=O)OCCOCCOc1ccc(C(=O)C2(Br)CC2)cc1Br.CC(=O)OCCOCCOc1ccc(C(=O)C2CC2)cc1. The fourth-order valence-corrected chi connectivity index (χ4v) is 6.98. The first-order chi connectivity index (χ1) is 32.6. The van der Waals surface area contributed by atoms with Gasteiger partial charge >= 0.3 is 17.9 Å². The molecule has 3 aliphatic rings. The number of hydrogen-bond acceptors (Lipinski definition) is 15. The van der Waals surface area contributed by atoms with Crippen LogP contribution in [-0.4, -0.2) is 123 Å². The van der Waals surface area contributed by atoms with Crippen molar-refractivity contribution >= 4 is 111 Å². The van der Waals surface area contributed by atoms with Crippen molar-refractivity contribution in [3.05, 3.63) is 87.9 Å². The van der Waals surface area contributed by atoms with Crippen LogP contribution in [0.1, 0.15) is 90.4 Å². The third-order valence-corrected chi connectivity index (χ3v) is 12.6. The number of esters is 3. The average molecular weight is 1270 g/mol. The Bertz CT molecular complexity index is 2050. The molecule has 0 atom stereocenters. The van der Waals surface area contributed by atoms with Crippen LogP contribution in [0.15, 0.2) is 71.2 Å². The maximum atomic E-state index is 12.2. The lowest BCUT2D eigenvalue weighted by atomic mass is 10.1. The van der Waals surface area contributed by atoms with E-state index >= 15 is 0 Å². The minimum absolute atomic E-state index is 0.110. The molecule has 68 heavy (non-hydrogen) atoms. The number of ether oxygens (including phenoxy) is 9. The number of halogens is 5. The highest BCUT2D eigenvalue weighted by Crippen LogP contribution is 2.48. The van der Waals surface area contributed by atoms with Gasteiger partial charge in [0, 0.05) is 71.6 Å². The second-order valence-corrected chi connectivity index (χ2v) is 19.2. The van der Waals surface area contributed by atoms with Gasteiger partial charge in [-0.25, -0.2) is 0 Å². The number of hydrogen-bond donors (Lipinski definition) is 0. The molecule has 3 aromatic carbocycles. The lowest BCUT2D eigenvalue weighted by molar-refractivity contribution is -0.143. The number of Topliss-reactive ketones (excluding diaryl/α,β-unsaturated/α-hetero) is 3. The number of ketones is 3. The molecule has 3 fully saturated rings. The molecule has 0 heterocycles. The van der Waals surface area contributed by atoms with Crippen molar-refractivity contribution in [1.82, 2.24) is 0 Å². The van der Waals surface area contributed by atoms with E-state index in [1.807, 2.05) is 0 Å². The Hall–Kier alpha value is -3.24. The van der Waals surface area contributed by atoms with E-state index in [2.05, 4.69) is 76.0 Å². The summed E-state index contributed by atoms with van der Waals surface area (Å²) in [6.45, 7) is 8.27. The van der Waals surface area contributed by atoms with Gasteiger partial charge in [0.05, 0.1) is 52.8 Å². The predicted molar refractivity (Wildman–Crippen MR) is 271 cm³/mol. The third kappa shape index (κ3) is 23.6. The molecular weight excluding hydrogens is 1220 g/mol. The first-order valence-corrected chi connectivity index (χ1v) is 27.9. The quantitative estimate of drug-likeness (QED) is 0.0231. The van der Waals surface area contributed by atoms with Gasteiger partial charge in [0.1, 0.15) is 56.9 Å². The summed E-state index contributed by atoms with van der Waals surface area (Å²) in [4.78, 5) is 67.8. The minimum Gasteiger partial charge on any atom is -0.491 e. The van der Waals surface area contributed by atoms with Crippen LogP contribution in [0.3, 0.4) is 0 Å². The van der Waals surface area contributed by atoms with Crippen LogP contribution in [0.4, 0.5) is 0 Å². The van der Waals surface area contributed by atoms with Crippen LogP contribution in [0.2, 0.25) is 0 Å². The molecule has 0 N–H and O–H groups in total. The van der Waals surface area contributed by atoms with E-state index in [4.69, 9.17) is 42.6 Å². The Morgan fingerprint density at radius 2 is 0.838 bits per heavy atom. The molecule has 0 bridgehead atoms. The largest absolute Gasteiger partial charge is 0.491 e. The zero-order valence-electron chi connectivity index (χ0n) is 38.2. The molecule has 3 aromatic rings. The molecule has 0 radical (unpaired) electrons. The van der Waals surface area contributed by atoms with Crippen LogP contribution in [-0.2, 0) is 42.8 Å². The summed E-state index contributed by atoms with van der Waals surface area (Å²) in [5.74, 6) is 1.83. The van der Waals surface area contributed by atoms with Gasteiger partial charge in [0.25, 0.3) is 0 Å². The van der Waals surface area contributed by atoms with Crippen molar-refractivity contribution in [1.29, 1.82) is 0 Å². The summed E-state index contributed by atoms with van der Waals surface area (Å²) in [6.07, 6.45) is 5.59. The van der Waals surface area contributed by atoms with Gasteiger partial charge in [-0.1, -0.05) is 31.9 Å². The molecular formula is C48H57Br5O15. The predicted octanol–water partition coefficient (Wildman–Crippen LogP) is 10.2. The number of alkyl halides is 2. The maximum Gasteiger partial charge on any atom is 0.302 e. The summed E-state index contributed by atoms with van der Waals surface area (Å²) >= 11 is 15.9. The Morgan fingerprint density at radius 1 is 0.485 bits per heavy atom. The van der Waals surface area contributed by atoms with Crippen LogP contribution in [0.25, 0.3) is 0 Å². The molecule has 0 aliphatic heterocycles. The van der Waals surface area contributed by atoms with E-state index in [0.717, 1.165) is 48.6 Å². The Labute approximate surface area is 437 Å². The minimum atomic E-state index is -0.357. The molecule has 3 aliphatic carbocycles. The first kappa shape index (κ1) is 59.1. The lowest BCUT2D eigenvalue weighted by Gasteiger charge is -2.11. The number of carbonyl (C=O) groups excluding carboxylic acids is 6. The lowest BCUT2D eigenvalue weighted by Crippen LogP contribution is -2.15. The summed E-state index contributed by atoms with van der Waals surface area (Å²) in [6, 6.07) is 19.6. The smallest absolute Gasteiger partial charge is 0.302 e. The van der Waals surface area contributed by atoms with Crippen LogP contribution < -0.4 is 14.2 Å². The molecule has 20 heteroatoms. The summed E-state index contributed by atoms with van der Waals surface area (Å²) < 4.78 is 46.7. The first-order valence-electron chi connectivity index (χ1n) is 21.8. The Balaban J connectivity index is 0.000000265. The van der Waals surface area contributed by atoms with E-state index in [1.165, 1.54) is 20.8 Å². The number of rotatable bonds is 27. The summed E-state index contributed by atoms with van der Waals surface area (Å²) in [5.41, 5.74) is 2.11. The van der Waals surface area contributed by atoms with Gasteiger partial charge in [0.15, 0.2) is 17.3 Å². The van der Waals surface area contributed by atoms with Crippen LogP contribution in [0, 0.1) is 5.92 Å². The van der Waals surface area contributed by atoms with Gasteiger partial charge in [-0.3, -0.25) is 28.8 Å². The van der Waals surface area contributed by atoms with E-state index < -0.39 is 0 Å². The van der Waals surface area contributed by atoms with Crippen LogP contribution in [0.5, 0.6) is 17.2 Å². The monoisotopic (exact) mass is 1270 g/mol. The van der Waals surface area contributed by atoms with Gasteiger partial charge in [-0.2, -0.15) is 0 Å². The molecule has 6 rings (SSSR count). The highest BCUT2D eigenvalue weighted by molar-refractivity contribution is 9.93.